The summed E-state index contributed by atoms with van der Waals surface area (Å²) in [5, 5.41) is 0. The Morgan fingerprint density at radius 1 is 0.500 bits per heavy atom. The highest BCUT2D eigenvalue weighted by molar-refractivity contribution is 5.32. The zero-order chi connectivity index (χ0) is 26.0. The molecule has 36 heavy (non-hydrogen) atoms. The van der Waals surface area contributed by atoms with Crippen LogP contribution in [0.15, 0.2) is 72.8 Å². The van der Waals surface area contributed by atoms with Crippen LogP contribution in [0.4, 0.5) is 17.6 Å². The van der Waals surface area contributed by atoms with Crippen molar-refractivity contribution in [3.05, 3.63) is 95.1 Å². The Labute approximate surface area is 211 Å². The van der Waals surface area contributed by atoms with E-state index in [-0.39, 0.29) is 11.5 Å². The molecule has 0 unspecified atom stereocenters. The molecule has 0 N–H and O–H groups in total. The average Bonchev–Trinajstić information content (AvgIpc) is 2.86. The smallest absolute Gasteiger partial charge is 0.426 e. The van der Waals surface area contributed by atoms with Crippen molar-refractivity contribution < 1.29 is 27.0 Å². The van der Waals surface area contributed by atoms with Gasteiger partial charge in [0, 0.05) is 0 Å². The minimum Gasteiger partial charge on any atom is -0.429 e. The van der Waals surface area contributed by atoms with Gasteiger partial charge < -0.3 is 9.47 Å². The van der Waals surface area contributed by atoms with E-state index < -0.39 is 23.3 Å². The van der Waals surface area contributed by atoms with E-state index in [1.165, 1.54) is 24.3 Å². The van der Waals surface area contributed by atoms with Gasteiger partial charge in [0.1, 0.15) is 11.5 Å². The van der Waals surface area contributed by atoms with Crippen LogP contribution in [0.5, 0.6) is 11.5 Å². The Kier molecular flexibility index (Phi) is 9.80. The average molecular weight is 503 g/mol. The Bertz CT molecular complexity index is 959. The van der Waals surface area contributed by atoms with Crippen LogP contribution >= 0.6 is 0 Å². The molecule has 0 aliphatic carbocycles. The highest BCUT2D eigenvalue weighted by Crippen LogP contribution is 2.36. The van der Waals surface area contributed by atoms with Crippen molar-refractivity contribution in [2.24, 2.45) is 0 Å². The molecule has 3 rings (SSSR count). The van der Waals surface area contributed by atoms with E-state index in [2.05, 4.69) is 13.8 Å². The number of benzene rings is 3. The standard InChI is InChI=1S/C30H34F4O2/c1-3-5-7-9-23-11-19-27(20-12-23)35-29(31,32)25-15-17-26(18-16-25)30(33,34)36-28-21-13-24(14-22-28)10-8-6-4-2/h11-22H,3-10H2,1-2H3. The van der Waals surface area contributed by atoms with Crippen LogP contribution in [0, 0.1) is 0 Å². The number of hydrogen-bond acceptors (Lipinski definition) is 2. The molecular weight excluding hydrogens is 468 g/mol. The maximum absolute atomic E-state index is 14.7. The van der Waals surface area contributed by atoms with E-state index in [0.717, 1.165) is 86.8 Å². The van der Waals surface area contributed by atoms with E-state index in [1.54, 1.807) is 24.3 Å². The molecule has 0 atom stereocenters. The van der Waals surface area contributed by atoms with Gasteiger partial charge in [-0.1, -0.05) is 63.8 Å². The fourth-order valence-corrected chi connectivity index (χ4v) is 3.88. The molecule has 6 heteroatoms. The molecule has 0 fully saturated rings. The molecule has 0 bridgehead atoms. The maximum Gasteiger partial charge on any atom is 0.426 e. The summed E-state index contributed by atoms with van der Waals surface area (Å²) in [6.45, 7) is 4.24. The summed E-state index contributed by atoms with van der Waals surface area (Å²) in [6, 6.07) is 16.8. The summed E-state index contributed by atoms with van der Waals surface area (Å²) in [5.74, 6) is 0.0187. The molecule has 3 aromatic carbocycles. The molecule has 0 radical (unpaired) electrons. The first kappa shape index (κ1) is 27.6. The first-order chi connectivity index (χ1) is 17.2. The monoisotopic (exact) mass is 502 g/mol. The summed E-state index contributed by atoms with van der Waals surface area (Å²) in [6.07, 6.45) is 0.932. The SMILES string of the molecule is CCCCCc1ccc(OC(F)(F)c2ccc(C(F)(F)Oc3ccc(CCCCC)cc3)cc2)cc1. The molecule has 0 aliphatic rings. The van der Waals surface area contributed by atoms with Crippen LogP contribution in [0.2, 0.25) is 0 Å². The van der Waals surface area contributed by atoms with Crippen LogP contribution in [0.25, 0.3) is 0 Å². The van der Waals surface area contributed by atoms with Crippen molar-refractivity contribution in [3.63, 3.8) is 0 Å². The molecular formula is C30H34F4O2. The Morgan fingerprint density at radius 2 is 0.833 bits per heavy atom. The Morgan fingerprint density at radius 3 is 1.14 bits per heavy atom. The van der Waals surface area contributed by atoms with Gasteiger partial charge in [0.05, 0.1) is 11.1 Å². The molecule has 2 nitrogen and oxygen atoms in total. The van der Waals surface area contributed by atoms with Gasteiger partial charge in [-0.05, 0) is 85.3 Å². The van der Waals surface area contributed by atoms with Gasteiger partial charge in [-0.2, -0.15) is 17.6 Å². The lowest BCUT2D eigenvalue weighted by Crippen LogP contribution is -2.24. The normalized spacial score (nSPS) is 11.9. The number of unbranched alkanes of at least 4 members (excludes halogenated alkanes) is 4. The number of alkyl halides is 4. The van der Waals surface area contributed by atoms with Crippen LogP contribution in [0.3, 0.4) is 0 Å². The minimum atomic E-state index is -3.67. The maximum atomic E-state index is 14.7. The molecule has 194 valence electrons. The first-order valence-corrected chi connectivity index (χ1v) is 12.7. The van der Waals surface area contributed by atoms with Crippen LogP contribution in [-0.2, 0) is 25.1 Å². The van der Waals surface area contributed by atoms with Gasteiger partial charge >= 0.3 is 12.2 Å². The third kappa shape index (κ3) is 8.00. The van der Waals surface area contributed by atoms with Gasteiger partial charge in [-0.25, -0.2) is 0 Å². The molecule has 0 saturated carbocycles. The highest BCUT2D eigenvalue weighted by Gasteiger charge is 2.38. The molecule has 0 spiro atoms. The number of halogens is 4. The van der Waals surface area contributed by atoms with Crippen LogP contribution < -0.4 is 9.47 Å². The predicted octanol–water partition coefficient (Wildman–Crippen LogP) is 9.41. The predicted molar refractivity (Wildman–Crippen MR) is 135 cm³/mol. The third-order valence-corrected chi connectivity index (χ3v) is 6.03. The molecule has 0 heterocycles. The van der Waals surface area contributed by atoms with Crippen LogP contribution in [0.1, 0.15) is 74.6 Å². The summed E-state index contributed by atoms with van der Waals surface area (Å²) < 4.78 is 68.5. The summed E-state index contributed by atoms with van der Waals surface area (Å²) in [7, 11) is 0. The fraction of sp³-hybridized carbons (Fsp3) is 0.400. The molecule has 3 aromatic rings. The second kappa shape index (κ2) is 12.8. The zero-order valence-electron chi connectivity index (χ0n) is 20.9. The number of rotatable bonds is 14. The zero-order valence-corrected chi connectivity index (χ0v) is 20.9. The minimum absolute atomic E-state index is 0.00937. The van der Waals surface area contributed by atoms with Gasteiger partial charge in [0.25, 0.3) is 0 Å². The van der Waals surface area contributed by atoms with Crippen molar-refractivity contribution in [1.82, 2.24) is 0 Å². The number of hydrogen-bond donors (Lipinski definition) is 0. The number of aryl methyl sites for hydroxylation is 2. The quantitative estimate of drug-likeness (QED) is 0.161. The fourth-order valence-electron chi connectivity index (χ4n) is 3.88. The van der Waals surface area contributed by atoms with E-state index in [0.29, 0.717) is 0 Å². The van der Waals surface area contributed by atoms with Crippen molar-refractivity contribution in [1.29, 1.82) is 0 Å². The van der Waals surface area contributed by atoms with E-state index in [4.69, 9.17) is 9.47 Å². The van der Waals surface area contributed by atoms with Crippen molar-refractivity contribution >= 4 is 0 Å². The largest absolute Gasteiger partial charge is 0.429 e. The van der Waals surface area contributed by atoms with Gasteiger partial charge in [0.15, 0.2) is 0 Å². The molecule has 0 aromatic heterocycles. The summed E-state index contributed by atoms with van der Waals surface area (Å²) >= 11 is 0. The van der Waals surface area contributed by atoms with Crippen molar-refractivity contribution in [2.75, 3.05) is 0 Å². The topological polar surface area (TPSA) is 18.5 Å². The molecule has 0 saturated heterocycles. The summed E-state index contributed by atoms with van der Waals surface area (Å²) in [4.78, 5) is 0. The second-order valence-corrected chi connectivity index (χ2v) is 9.02. The van der Waals surface area contributed by atoms with E-state index in [9.17, 15) is 17.6 Å². The van der Waals surface area contributed by atoms with E-state index in [1.807, 2.05) is 0 Å². The van der Waals surface area contributed by atoms with Gasteiger partial charge in [0.2, 0.25) is 0 Å². The summed E-state index contributed by atoms with van der Waals surface area (Å²) in [5.41, 5.74) is 1.06. The second-order valence-electron chi connectivity index (χ2n) is 9.02. The van der Waals surface area contributed by atoms with Crippen molar-refractivity contribution in [3.8, 4) is 11.5 Å². The van der Waals surface area contributed by atoms with Gasteiger partial charge in [-0.15, -0.1) is 0 Å². The lowest BCUT2D eigenvalue weighted by molar-refractivity contribution is -0.188. The lowest BCUT2D eigenvalue weighted by Gasteiger charge is -2.21. The van der Waals surface area contributed by atoms with E-state index >= 15 is 0 Å². The third-order valence-electron chi connectivity index (χ3n) is 6.03. The highest BCUT2D eigenvalue weighted by atomic mass is 19.3. The molecule has 0 aliphatic heterocycles. The number of ether oxygens (including phenoxy) is 2. The van der Waals surface area contributed by atoms with Gasteiger partial charge in [-0.3, -0.25) is 0 Å². The first-order valence-electron chi connectivity index (χ1n) is 12.7. The van der Waals surface area contributed by atoms with Crippen molar-refractivity contribution in [2.45, 2.75) is 77.4 Å². The molecule has 0 amide bonds. The Balaban J connectivity index is 1.61. The Hall–Kier alpha value is -3.02. The lowest BCUT2D eigenvalue weighted by atomic mass is 10.1. The van der Waals surface area contributed by atoms with Crippen LogP contribution in [-0.4, -0.2) is 0 Å².